The molecule has 150 valence electrons. The third-order valence-corrected chi connectivity index (χ3v) is 6.31. The van der Waals surface area contributed by atoms with Gasteiger partial charge in [-0.15, -0.1) is 0 Å². The SMILES string of the molecule is O=C(NCCCN1CCCC1)C1CCN(c2ccnc3cc(Br)cnc23)CC1. The number of carbonyl (C=O) groups excluding carboxylic acids is 1. The largest absolute Gasteiger partial charge is 0.370 e. The topological polar surface area (TPSA) is 61.4 Å². The molecular weight excluding hydrogens is 418 g/mol. The summed E-state index contributed by atoms with van der Waals surface area (Å²) in [5.41, 5.74) is 2.93. The minimum absolute atomic E-state index is 0.123. The third-order valence-electron chi connectivity index (χ3n) is 5.88. The number of pyridine rings is 2. The van der Waals surface area contributed by atoms with Gasteiger partial charge in [0.15, 0.2) is 0 Å². The fourth-order valence-electron chi connectivity index (χ4n) is 4.29. The monoisotopic (exact) mass is 445 g/mol. The number of nitrogens with one attached hydrogen (secondary N) is 1. The van der Waals surface area contributed by atoms with Crippen molar-refractivity contribution >= 4 is 38.6 Å². The number of carbonyl (C=O) groups is 1. The van der Waals surface area contributed by atoms with Crippen molar-refractivity contribution in [3.63, 3.8) is 0 Å². The quantitative estimate of drug-likeness (QED) is 0.691. The first kappa shape index (κ1) is 19.6. The highest BCUT2D eigenvalue weighted by atomic mass is 79.9. The van der Waals surface area contributed by atoms with Gasteiger partial charge in [0.2, 0.25) is 5.91 Å². The summed E-state index contributed by atoms with van der Waals surface area (Å²) < 4.78 is 0.935. The summed E-state index contributed by atoms with van der Waals surface area (Å²) >= 11 is 3.46. The van der Waals surface area contributed by atoms with E-state index in [4.69, 9.17) is 0 Å². The first-order valence-electron chi connectivity index (χ1n) is 10.4. The van der Waals surface area contributed by atoms with E-state index < -0.39 is 0 Å². The van der Waals surface area contributed by atoms with Gasteiger partial charge in [0.1, 0.15) is 5.52 Å². The Morgan fingerprint density at radius 1 is 1.18 bits per heavy atom. The number of halogens is 1. The Bertz CT molecular complexity index is 816. The highest BCUT2D eigenvalue weighted by molar-refractivity contribution is 9.10. The number of hydrogen-bond acceptors (Lipinski definition) is 5. The van der Waals surface area contributed by atoms with Crippen LogP contribution in [0, 0.1) is 5.92 Å². The first-order chi connectivity index (χ1) is 13.7. The zero-order chi connectivity index (χ0) is 19.3. The lowest BCUT2D eigenvalue weighted by Gasteiger charge is -2.33. The van der Waals surface area contributed by atoms with Crippen LogP contribution in [0.4, 0.5) is 5.69 Å². The van der Waals surface area contributed by atoms with E-state index in [0.717, 1.165) is 66.6 Å². The molecule has 2 fully saturated rings. The molecule has 0 saturated carbocycles. The zero-order valence-electron chi connectivity index (χ0n) is 16.2. The maximum absolute atomic E-state index is 12.5. The molecule has 7 heteroatoms. The summed E-state index contributed by atoms with van der Waals surface area (Å²) in [4.78, 5) is 26.3. The van der Waals surface area contributed by atoms with E-state index >= 15 is 0 Å². The van der Waals surface area contributed by atoms with E-state index in [1.807, 2.05) is 24.5 Å². The summed E-state index contributed by atoms with van der Waals surface area (Å²) in [7, 11) is 0. The zero-order valence-corrected chi connectivity index (χ0v) is 17.8. The van der Waals surface area contributed by atoms with Crippen LogP contribution in [0.3, 0.4) is 0 Å². The maximum atomic E-state index is 12.5. The predicted molar refractivity (Wildman–Crippen MR) is 115 cm³/mol. The molecule has 2 aromatic heterocycles. The number of rotatable bonds is 6. The molecule has 1 N–H and O–H groups in total. The molecule has 0 bridgehead atoms. The molecule has 0 atom stereocenters. The number of nitrogens with zero attached hydrogens (tertiary/aromatic N) is 4. The van der Waals surface area contributed by atoms with Crippen molar-refractivity contribution in [3.05, 3.63) is 29.0 Å². The Balaban J connectivity index is 1.27. The number of anilines is 1. The van der Waals surface area contributed by atoms with E-state index in [1.165, 1.54) is 25.9 Å². The number of aromatic nitrogens is 2. The molecule has 0 radical (unpaired) electrons. The van der Waals surface area contributed by atoms with Crippen molar-refractivity contribution in [1.29, 1.82) is 0 Å². The van der Waals surface area contributed by atoms with Crippen molar-refractivity contribution in [3.8, 4) is 0 Å². The van der Waals surface area contributed by atoms with Crippen LogP contribution in [0.25, 0.3) is 11.0 Å². The second-order valence-electron chi connectivity index (χ2n) is 7.81. The van der Waals surface area contributed by atoms with Gasteiger partial charge in [-0.1, -0.05) is 0 Å². The Kier molecular flexibility index (Phi) is 6.42. The average Bonchev–Trinajstić information content (AvgIpc) is 3.24. The smallest absolute Gasteiger partial charge is 0.223 e. The van der Waals surface area contributed by atoms with Crippen LogP contribution in [-0.2, 0) is 4.79 Å². The van der Waals surface area contributed by atoms with Gasteiger partial charge in [-0.2, -0.15) is 0 Å². The van der Waals surface area contributed by atoms with Crippen molar-refractivity contribution in [2.45, 2.75) is 32.1 Å². The average molecular weight is 446 g/mol. The molecule has 0 spiro atoms. The molecule has 4 rings (SSSR count). The van der Waals surface area contributed by atoms with E-state index in [2.05, 4.69) is 41.0 Å². The van der Waals surface area contributed by atoms with Gasteiger partial charge in [0, 0.05) is 42.4 Å². The summed E-state index contributed by atoms with van der Waals surface area (Å²) in [5.74, 6) is 0.348. The maximum Gasteiger partial charge on any atom is 0.223 e. The lowest BCUT2D eigenvalue weighted by atomic mass is 9.95. The molecule has 2 aromatic rings. The van der Waals surface area contributed by atoms with Crippen LogP contribution >= 0.6 is 15.9 Å². The van der Waals surface area contributed by atoms with Crippen LogP contribution in [0.15, 0.2) is 29.0 Å². The molecule has 2 aliphatic rings. The van der Waals surface area contributed by atoms with Gasteiger partial charge in [0.25, 0.3) is 0 Å². The number of hydrogen-bond donors (Lipinski definition) is 1. The third kappa shape index (κ3) is 4.63. The van der Waals surface area contributed by atoms with E-state index in [1.54, 1.807) is 0 Å². The molecule has 1 amide bonds. The second kappa shape index (κ2) is 9.18. The van der Waals surface area contributed by atoms with Crippen molar-refractivity contribution < 1.29 is 4.79 Å². The number of likely N-dealkylation sites (tertiary alicyclic amines) is 1. The second-order valence-corrected chi connectivity index (χ2v) is 8.72. The molecule has 2 saturated heterocycles. The van der Waals surface area contributed by atoms with Crippen LogP contribution in [0.1, 0.15) is 32.1 Å². The van der Waals surface area contributed by atoms with Crippen molar-refractivity contribution in [2.75, 3.05) is 44.2 Å². The van der Waals surface area contributed by atoms with E-state index in [-0.39, 0.29) is 11.8 Å². The minimum atomic E-state index is 0.123. The molecule has 0 aromatic carbocycles. The summed E-state index contributed by atoms with van der Waals surface area (Å²) in [6.45, 7) is 6.11. The lowest BCUT2D eigenvalue weighted by Crippen LogP contribution is -2.41. The molecule has 0 aliphatic carbocycles. The highest BCUT2D eigenvalue weighted by Crippen LogP contribution is 2.29. The van der Waals surface area contributed by atoms with Gasteiger partial charge in [-0.25, -0.2) is 0 Å². The molecular formula is C21H28BrN5O. The van der Waals surface area contributed by atoms with Gasteiger partial charge in [-0.05, 0) is 79.8 Å². The fourth-order valence-corrected chi connectivity index (χ4v) is 4.61. The normalized spacial score (nSPS) is 18.7. The summed E-state index contributed by atoms with van der Waals surface area (Å²) in [6.07, 6.45) is 9.13. The van der Waals surface area contributed by atoms with Crippen molar-refractivity contribution in [1.82, 2.24) is 20.2 Å². The van der Waals surface area contributed by atoms with Gasteiger partial charge < -0.3 is 15.1 Å². The van der Waals surface area contributed by atoms with Crippen LogP contribution < -0.4 is 10.2 Å². The number of piperidine rings is 1. The highest BCUT2D eigenvalue weighted by Gasteiger charge is 2.26. The first-order valence-corrected chi connectivity index (χ1v) is 11.2. The van der Waals surface area contributed by atoms with Crippen LogP contribution in [0.2, 0.25) is 0 Å². The molecule has 4 heterocycles. The Morgan fingerprint density at radius 3 is 2.75 bits per heavy atom. The predicted octanol–water partition coefficient (Wildman–Crippen LogP) is 3.21. The Hall–Kier alpha value is -1.73. The van der Waals surface area contributed by atoms with Gasteiger partial charge in [0.05, 0.1) is 11.2 Å². The number of amides is 1. The lowest BCUT2D eigenvalue weighted by molar-refractivity contribution is -0.125. The van der Waals surface area contributed by atoms with Crippen LogP contribution in [0.5, 0.6) is 0 Å². The van der Waals surface area contributed by atoms with Gasteiger partial charge >= 0.3 is 0 Å². The Labute approximate surface area is 174 Å². The Morgan fingerprint density at radius 2 is 1.96 bits per heavy atom. The molecule has 28 heavy (non-hydrogen) atoms. The van der Waals surface area contributed by atoms with E-state index in [0.29, 0.717) is 0 Å². The number of fused-ring (bicyclic) bond motifs is 1. The molecule has 6 nitrogen and oxygen atoms in total. The van der Waals surface area contributed by atoms with Crippen LogP contribution in [-0.4, -0.2) is 60.0 Å². The van der Waals surface area contributed by atoms with E-state index in [9.17, 15) is 4.79 Å². The van der Waals surface area contributed by atoms with Crippen molar-refractivity contribution in [2.24, 2.45) is 5.92 Å². The molecule has 0 unspecified atom stereocenters. The fraction of sp³-hybridized carbons (Fsp3) is 0.571. The molecule has 2 aliphatic heterocycles. The summed E-state index contributed by atoms with van der Waals surface area (Å²) in [5, 5.41) is 3.16. The minimum Gasteiger partial charge on any atom is -0.370 e. The summed E-state index contributed by atoms with van der Waals surface area (Å²) in [6, 6.07) is 4.02. The standard InChI is InChI=1S/C21H28BrN5O/c22-17-14-18-20(25-15-17)19(4-8-23-18)27-12-5-16(6-13-27)21(28)24-7-3-11-26-9-1-2-10-26/h4,8,14-16H,1-3,5-7,9-13H2,(H,24,28). The van der Waals surface area contributed by atoms with Gasteiger partial charge in [-0.3, -0.25) is 14.8 Å².